The molecule has 1 unspecified atom stereocenters. The molecule has 3 fully saturated rings. The molecule has 1 N–H and O–H groups in total. The van der Waals surface area contributed by atoms with Crippen molar-refractivity contribution >= 4 is 11.9 Å². The number of alkyl carbamates (subject to hydrolysis) is 1. The number of hydrogen-bond donors (Lipinski definition) is 1. The molecule has 1 amide bonds. The normalized spacial score (nSPS) is 28.2. The maximum atomic E-state index is 12.0. The van der Waals surface area contributed by atoms with Crippen molar-refractivity contribution in [1.29, 1.82) is 0 Å². The second-order valence-electron chi connectivity index (χ2n) is 9.55. The minimum Gasteiger partial charge on any atom is -0.489 e. The first-order chi connectivity index (χ1) is 15.7. The third-order valence-electron chi connectivity index (χ3n) is 7.41. The Labute approximate surface area is 190 Å². The Morgan fingerprint density at radius 1 is 1.12 bits per heavy atom. The van der Waals surface area contributed by atoms with E-state index >= 15 is 0 Å². The first kappa shape index (κ1) is 21.8. The summed E-state index contributed by atoms with van der Waals surface area (Å²) in [5, 5.41) is 3.04. The molecule has 0 spiro atoms. The molecule has 8 heteroatoms. The van der Waals surface area contributed by atoms with Gasteiger partial charge in [0, 0.05) is 56.8 Å². The highest BCUT2D eigenvalue weighted by molar-refractivity contribution is 5.67. The lowest BCUT2D eigenvalue weighted by Gasteiger charge is -2.37. The molecule has 0 bridgehead atoms. The zero-order valence-electron chi connectivity index (χ0n) is 19.0. The number of anilines is 1. The number of rotatable bonds is 6. The van der Waals surface area contributed by atoms with Crippen LogP contribution in [0, 0.1) is 5.92 Å². The van der Waals surface area contributed by atoms with Gasteiger partial charge in [0.25, 0.3) is 0 Å². The smallest absolute Gasteiger partial charge is 0.409 e. The Morgan fingerprint density at radius 2 is 1.97 bits per heavy atom. The number of amides is 1. The summed E-state index contributed by atoms with van der Waals surface area (Å²) in [6, 6.07) is 2.32. The molecular weight excluding hydrogens is 408 g/mol. The molecule has 3 aliphatic heterocycles. The summed E-state index contributed by atoms with van der Waals surface area (Å²) < 4.78 is 16.6. The van der Waals surface area contributed by atoms with Crippen LogP contribution in [0.4, 0.5) is 10.6 Å². The number of nitrogens with one attached hydrogen (secondary N) is 1. The van der Waals surface area contributed by atoms with Crippen LogP contribution >= 0.6 is 0 Å². The predicted molar refractivity (Wildman–Crippen MR) is 121 cm³/mol. The topological polar surface area (TPSA) is 76.2 Å². The fraction of sp³-hybridized carbons (Fsp3) is 0.750. The first-order valence-electron chi connectivity index (χ1n) is 12.4. The number of carbonyl (C=O) groups excluding carboxylic acids is 1. The van der Waals surface area contributed by atoms with E-state index in [1.807, 2.05) is 6.20 Å². The lowest BCUT2D eigenvalue weighted by molar-refractivity contribution is -0.0688. The van der Waals surface area contributed by atoms with E-state index in [4.69, 9.17) is 14.2 Å². The maximum absolute atomic E-state index is 12.0. The van der Waals surface area contributed by atoms with Gasteiger partial charge < -0.3 is 24.4 Å². The van der Waals surface area contributed by atoms with Crippen molar-refractivity contribution in [3.05, 3.63) is 17.8 Å². The van der Waals surface area contributed by atoms with Crippen molar-refractivity contribution < 1.29 is 19.0 Å². The molecule has 0 aromatic carbocycles. The van der Waals surface area contributed by atoms with Gasteiger partial charge in [-0.1, -0.05) is 0 Å². The van der Waals surface area contributed by atoms with E-state index < -0.39 is 0 Å². The van der Waals surface area contributed by atoms with Crippen LogP contribution in [-0.4, -0.2) is 74.2 Å². The van der Waals surface area contributed by atoms with E-state index in [0.29, 0.717) is 6.61 Å². The average Bonchev–Trinajstić information content (AvgIpc) is 3.51. The fourth-order valence-electron chi connectivity index (χ4n) is 5.42. The summed E-state index contributed by atoms with van der Waals surface area (Å²) in [4.78, 5) is 21.6. The predicted octanol–water partition coefficient (Wildman–Crippen LogP) is 2.95. The van der Waals surface area contributed by atoms with Gasteiger partial charge >= 0.3 is 6.09 Å². The second kappa shape index (κ2) is 10.3. The van der Waals surface area contributed by atoms with Crippen LogP contribution in [-0.2, 0) is 15.9 Å². The number of aromatic nitrogens is 1. The molecule has 1 atom stereocenters. The summed E-state index contributed by atoms with van der Waals surface area (Å²) in [7, 11) is 0. The van der Waals surface area contributed by atoms with Crippen LogP contribution in [0.25, 0.3) is 0 Å². The van der Waals surface area contributed by atoms with Gasteiger partial charge in [0.2, 0.25) is 6.29 Å². The number of piperazine rings is 1. The molecule has 32 heavy (non-hydrogen) atoms. The highest BCUT2D eigenvalue weighted by Crippen LogP contribution is 2.34. The van der Waals surface area contributed by atoms with Gasteiger partial charge in [0.15, 0.2) is 11.6 Å². The van der Waals surface area contributed by atoms with Crippen LogP contribution in [0.2, 0.25) is 0 Å². The van der Waals surface area contributed by atoms with Crippen LogP contribution < -0.4 is 15.0 Å². The van der Waals surface area contributed by atoms with Crippen molar-refractivity contribution in [3.63, 3.8) is 0 Å². The van der Waals surface area contributed by atoms with Crippen molar-refractivity contribution in [2.45, 2.75) is 63.7 Å². The zero-order chi connectivity index (χ0) is 21.8. The van der Waals surface area contributed by atoms with E-state index in [0.717, 1.165) is 88.9 Å². The van der Waals surface area contributed by atoms with Gasteiger partial charge in [-0.3, -0.25) is 4.90 Å². The Morgan fingerprint density at radius 3 is 2.75 bits per heavy atom. The fourth-order valence-corrected chi connectivity index (χ4v) is 5.42. The summed E-state index contributed by atoms with van der Waals surface area (Å²) in [5.74, 6) is 2.79. The molecule has 1 aromatic rings. The highest BCUT2D eigenvalue weighted by atomic mass is 16.7. The third kappa shape index (κ3) is 5.29. The minimum atomic E-state index is -0.349. The maximum Gasteiger partial charge on any atom is 0.409 e. The van der Waals surface area contributed by atoms with Gasteiger partial charge in [-0.2, -0.15) is 0 Å². The number of carbonyl (C=O) groups is 1. The average molecular weight is 445 g/mol. The molecule has 4 heterocycles. The molecule has 2 saturated heterocycles. The van der Waals surface area contributed by atoms with E-state index in [-0.39, 0.29) is 18.4 Å². The van der Waals surface area contributed by atoms with Crippen molar-refractivity contribution in [2.75, 3.05) is 50.8 Å². The SMILES string of the molecule is O=C(N[C@H]1CC[C@H](CCN2CCN(c3nccc4c3OCC4)CC2)CC1)OC1CCCO1. The quantitative estimate of drug-likeness (QED) is 0.723. The lowest BCUT2D eigenvalue weighted by atomic mass is 9.84. The van der Waals surface area contributed by atoms with Gasteiger partial charge in [0.1, 0.15) is 0 Å². The Kier molecular flexibility index (Phi) is 6.97. The standard InChI is InChI=1S/C24H36N4O4/c29-24(32-21-2-1-16-30-21)26-20-5-3-18(4-6-20)8-11-27-12-14-28(15-13-27)23-22-19(7-10-25-23)9-17-31-22/h7,10,18,20-21H,1-6,8-9,11-17H2,(H,26,29)/t18-,20-,21?. The summed E-state index contributed by atoms with van der Waals surface area (Å²) in [6.45, 7) is 6.81. The summed E-state index contributed by atoms with van der Waals surface area (Å²) >= 11 is 0. The van der Waals surface area contributed by atoms with E-state index in [9.17, 15) is 4.79 Å². The largest absolute Gasteiger partial charge is 0.489 e. The molecule has 176 valence electrons. The highest BCUT2D eigenvalue weighted by Gasteiger charge is 2.27. The lowest BCUT2D eigenvalue weighted by Crippen LogP contribution is -2.47. The molecule has 5 rings (SSSR count). The number of fused-ring (bicyclic) bond motifs is 1. The molecule has 1 aromatic heterocycles. The number of ether oxygens (including phenoxy) is 3. The molecule has 8 nitrogen and oxygen atoms in total. The van der Waals surface area contributed by atoms with Crippen LogP contribution in [0.1, 0.15) is 50.5 Å². The van der Waals surface area contributed by atoms with Crippen molar-refractivity contribution in [1.82, 2.24) is 15.2 Å². The molecular formula is C24H36N4O4. The van der Waals surface area contributed by atoms with E-state index in [2.05, 4.69) is 26.2 Å². The summed E-state index contributed by atoms with van der Waals surface area (Å²) in [5.41, 5.74) is 1.29. The van der Waals surface area contributed by atoms with E-state index in [1.54, 1.807) is 0 Å². The molecule has 1 saturated carbocycles. The van der Waals surface area contributed by atoms with Gasteiger partial charge in [-0.15, -0.1) is 0 Å². The van der Waals surface area contributed by atoms with Crippen LogP contribution in [0.3, 0.4) is 0 Å². The van der Waals surface area contributed by atoms with Crippen LogP contribution in [0.15, 0.2) is 12.3 Å². The first-order valence-corrected chi connectivity index (χ1v) is 12.4. The Hall–Kier alpha value is -2.06. The Balaban J connectivity index is 0.988. The Bertz CT molecular complexity index is 769. The number of hydrogen-bond acceptors (Lipinski definition) is 7. The van der Waals surface area contributed by atoms with Gasteiger partial charge in [-0.05, 0) is 57.1 Å². The van der Waals surface area contributed by atoms with Crippen molar-refractivity contribution in [2.24, 2.45) is 5.92 Å². The third-order valence-corrected chi connectivity index (χ3v) is 7.41. The minimum absolute atomic E-state index is 0.242. The van der Waals surface area contributed by atoms with Crippen LogP contribution in [0.5, 0.6) is 5.75 Å². The zero-order valence-corrected chi connectivity index (χ0v) is 19.0. The molecule has 4 aliphatic rings. The van der Waals surface area contributed by atoms with Crippen molar-refractivity contribution in [3.8, 4) is 5.75 Å². The van der Waals surface area contributed by atoms with Gasteiger partial charge in [0.05, 0.1) is 13.2 Å². The van der Waals surface area contributed by atoms with E-state index in [1.165, 1.54) is 24.8 Å². The van der Waals surface area contributed by atoms with Gasteiger partial charge in [-0.25, -0.2) is 9.78 Å². The summed E-state index contributed by atoms with van der Waals surface area (Å²) in [6.07, 6.45) is 9.73. The monoisotopic (exact) mass is 444 g/mol. The molecule has 0 radical (unpaired) electrons. The number of pyridine rings is 1. The number of nitrogens with zero attached hydrogens (tertiary/aromatic N) is 3. The molecule has 1 aliphatic carbocycles. The second-order valence-corrected chi connectivity index (χ2v) is 9.55.